The maximum Gasteiger partial charge on any atom is 0.305 e. The number of benzene rings is 1. The topological polar surface area (TPSA) is 66.2 Å². The molecule has 5 nitrogen and oxygen atoms in total. The van der Waals surface area contributed by atoms with Crippen molar-refractivity contribution in [3.05, 3.63) is 35.9 Å². The molecule has 1 heterocycles. The van der Waals surface area contributed by atoms with Gasteiger partial charge in [-0.05, 0) is 18.6 Å². The molecule has 2 rings (SSSR count). The van der Waals surface area contributed by atoms with Gasteiger partial charge in [-0.3, -0.25) is 4.79 Å². The van der Waals surface area contributed by atoms with Gasteiger partial charge >= 0.3 is 5.97 Å². The lowest BCUT2D eigenvalue weighted by molar-refractivity contribution is -0.140. The average Bonchev–Trinajstić information content (AvgIpc) is 2.53. The summed E-state index contributed by atoms with van der Waals surface area (Å²) in [4.78, 5) is 17.6. The van der Waals surface area contributed by atoms with Crippen molar-refractivity contribution >= 4 is 22.7 Å². The van der Waals surface area contributed by atoms with Crippen LogP contribution in [0.5, 0.6) is 0 Å². The first-order valence-electron chi connectivity index (χ1n) is 6.73. The van der Waals surface area contributed by atoms with Crippen LogP contribution in [-0.2, 0) is 9.53 Å². The highest BCUT2D eigenvalue weighted by molar-refractivity contribution is 5.83. The molecule has 0 radical (unpaired) electrons. The van der Waals surface area contributed by atoms with Crippen molar-refractivity contribution < 1.29 is 9.53 Å². The van der Waals surface area contributed by atoms with E-state index in [9.17, 15) is 10.1 Å². The molecule has 0 spiro atoms. The van der Waals surface area contributed by atoms with Gasteiger partial charge in [0.15, 0.2) is 0 Å². The molecule has 5 heteroatoms. The fourth-order valence-corrected chi connectivity index (χ4v) is 2.15. The number of aromatic nitrogens is 1. The minimum atomic E-state index is -0.227. The Morgan fingerprint density at radius 1 is 1.43 bits per heavy atom. The normalized spacial score (nSPS) is 10.1. The molecule has 2 aromatic rings. The van der Waals surface area contributed by atoms with Crippen molar-refractivity contribution in [1.29, 1.82) is 5.26 Å². The van der Waals surface area contributed by atoms with E-state index in [4.69, 9.17) is 0 Å². The number of nitrogens with zero attached hydrogens (tertiary/aromatic N) is 3. The largest absolute Gasteiger partial charge is 0.469 e. The molecular weight excluding hydrogens is 266 g/mol. The quantitative estimate of drug-likeness (QED) is 0.789. The number of carbonyl (C=O) groups excluding carboxylic acids is 1. The number of hydrogen-bond acceptors (Lipinski definition) is 5. The lowest BCUT2D eigenvalue weighted by atomic mass is 10.1. The van der Waals surface area contributed by atoms with Crippen LogP contribution in [0.4, 0.5) is 5.82 Å². The predicted octanol–water partition coefficient (Wildman–Crippen LogP) is 2.50. The van der Waals surface area contributed by atoms with E-state index in [2.05, 4.69) is 15.8 Å². The van der Waals surface area contributed by atoms with Crippen LogP contribution in [0.2, 0.25) is 0 Å². The summed E-state index contributed by atoms with van der Waals surface area (Å²) in [5.74, 6) is 0.413. The van der Waals surface area contributed by atoms with Crippen molar-refractivity contribution in [2.75, 3.05) is 25.6 Å². The molecule has 0 fully saturated rings. The monoisotopic (exact) mass is 283 g/mol. The second-order valence-electron chi connectivity index (χ2n) is 4.77. The van der Waals surface area contributed by atoms with Gasteiger partial charge in [0.2, 0.25) is 0 Å². The van der Waals surface area contributed by atoms with E-state index >= 15 is 0 Å². The van der Waals surface area contributed by atoms with Gasteiger partial charge in [0.1, 0.15) is 11.9 Å². The van der Waals surface area contributed by atoms with Crippen LogP contribution in [0.1, 0.15) is 18.4 Å². The second-order valence-corrected chi connectivity index (χ2v) is 4.77. The summed E-state index contributed by atoms with van der Waals surface area (Å²) in [7, 11) is 3.25. The first kappa shape index (κ1) is 14.8. The average molecular weight is 283 g/mol. The number of fused-ring (bicyclic) bond motifs is 1. The summed E-state index contributed by atoms with van der Waals surface area (Å²) in [5.41, 5.74) is 1.39. The lowest BCUT2D eigenvalue weighted by Crippen LogP contribution is -2.21. The van der Waals surface area contributed by atoms with Gasteiger partial charge < -0.3 is 9.64 Å². The van der Waals surface area contributed by atoms with E-state index in [-0.39, 0.29) is 5.97 Å². The fraction of sp³-hybridized carbons (Fsp3) is 0.312. The van der Waals surface area contributed by atoms with Gasteiger partial charge in [-0.15, -0.1) is 0 Å². The highest BCUT2D eigenvalue weighted by atomic mass is 16.5. The van der Waals surface area contributed by atoms with E-state index in [0.29, 0.717) is 30.8 Å². The molecule has 0 N–H and O–H groups in total. The SMILES string of the molecule is COC(=O)CCCN(C)c1nc2ccccc2cc1C#N. The third-order valence-electron chi connectivity index (χ3n) is 3.29. The van der Waals surface area contributed by atoms with E-state index in [1.807, 2.05) is 42.3 Å². The van der Waals surface area contributed by atoms with Crippen LogP contribution in [-0.4, -0.2) is 31.7 Å². The van der Waals surface area contributed by atoms with E-state index in [1.165, 1.54) is 7.11 Å². The standard InChI is InChI=1S/C16H17N3O2/c1-19(9-5-8-15(20)21-2)16-13(11-17)10-12-6-3-4-7-14(12)18-16/h3-4,6-7,10H,5,8-9H2,1-2H3. The van der Waals surface area contributed by atoms with Crippen LogP contribution < -0.4 is 4.90 Å². The Balaban J connectivity index is 2.19. The summed E-state index contributed by atoms with van der Waals surface area (Å²) < 4.78 is 4.61. The Kier molecular flexibility index (Phi) is 4.72. The molecule has 0 aliphatic rings. The summed E-state index contributed by atoms with van der Waals surface area (Å²) >= 11 is 0. The van der Waals surface area contributed by atoms with Gasteiger partial charge in [-0.25, -0.2) is 4.98 Å². The minimum absolute atomic E-state index is 0.227. The first-order chi connectivity index (χ1) is 10.2. The maximum absolute atomic E-state index is 11.1. The molecule has 0 amide bonds. The number of hydrogen-bond donors (Lipinski definition) is 0. The lowest BCUT2D eigenvalue weighted by Gasteiger charge is -2.19. The molecule has 0 saturated carbocycles. The van der Waals surface area contributed by atoms with Gasteiger partial charge in [0.05, 0.1) is 18.2 Å². The first-order valence-corrected chi connectivity index (χ1v) is 6.73. The highest BCUT2D eigenvalue weighted by Gasteiger charge is 2.11. The zero-order valence-corrected chi connectivity index (χ0v) is 12.2. The third-order valence-corrected chi connectivity index (χ3v) is 3.29. The zero-order valence-electron chi connectivity index (χ0n) is 12.2. The summed E-state index contributed by atoms with van der Waals surface area (Å²) in [6, 6.07) is 11.7. The fourth-order valence-electron chi connectivity index (χ4n) is 2.15. The molecule has 1 aromatic heterocycles. The Bertz CT molecular complexity index is 691. The molecule has 0 aliphatic heterocycles. The van der Waals surface area contributed by atoms with Crippen molar-refractivity contribution in [2.45, 2.75) is 12.8 Å². The molecule has 0 saturated heterocycles. The van der Waals surface area contributed by atoms with Crippen LogP contribution in [0, 0.1) is 11.3 Å². The summed E-state index contributed by atoms with van der Waals surface area (Å²) in [5, 5.41) is 10.2. The van der Waals surface area contributed by atoms with E-state index < -0.39 is 0 Å². The second kappa shape index (κ2) is 6.71. The number of para-hydroxylation sites is 1. The highest BCUT2D eigenvalue weighted by Crippen LogP contribution is 2.22. The van der Waals surface area contributed by atoms with Crippen LogP contribution in [0.15, 0.2) is 30.3 Å². The summed E-state index contributed by atoms with van der Waals surface area (Å²) in [6.45, 7) is 0.634. The molecule has 108 valence electrons. The van der Waals surface area contributed by atoms with E-state index in [1.54, 1.807) is 0 Å². The third kappa shape index (κ3) is 3.48. The van der Waals surface area contributed by atoms with Crippen LogP contribution in [0.3, 0.4) is 0 Å². The molecule has 0 unspecified atom stereocenters. The van der Waals surface area contributed by atoms with Gasteiger partial charge in [-0.1, -0.05) is 18.2 Å². The number of nitriles is 1. The van der Waals surface area contributed by atoms with Gasteiger partial charge in [-0.2, -0.15) is 5.26 Å². The predicted molar refractivity (Wildman–Crippen MR) is 81.0 cm³/mol. The van der Waals surface area contributed by atoms with E-state index in [0.717, 1.165) is 10.9 Å². The number of esters is 1. The summed E-state index contributed by atoms with van der Waals surface area (Å²) in [6.07, 6.45) is 1.01. The Hall–Kier alpha value is -2.61. The number of carbonyl (C=O) groups is 1. The molecule has 0 bridgehead atoms. The van der Waals surface area contributed by atoms with Gasteiger partial charge in [0.25, 0.3) is 0 Å². The number of ether oxygens (including phenoxy) is 1. The molecular formula is C16H17N3O2. The number of methoxy groups -OCH3 is 1. The van der Waals surface area contributed by atoms with Crippen molar-refractivity contribution in [2.24, 2.45) is 0 Å². The molecule has 21 heavy (non-hydrogen) atoms. The number of rotatable bonds is 5. The Morgan fingerprint density at radius 2 is 2.19 bits per heavy atom. The van der Waals surface area contributed by atoms with Crippen LogP contribution in [0.25, 0.3) is 10.9 Å². The zero-order chi connectivity index (χ0) is 15.2. The minimum Gasteiger partial charge on any atom is -0.469 e. The molecule has 0 atom stereocenters. The Labute approximate surface area is 123 Å². The number of anilines is 1. The Morgan fingerprint density at radius 3 is 2.90 bits per heavy atom. The van der Waals surface area contributed by atoms with Gasteiger partial charge in [0, 0.05) is 25.4 Å². The van der Waals surface area contributed by atoms with Crippen molar-refractivity contribution in [3.8, 4) is 6.07 Å². The molecule has 0 aliphatic carbocycles. The van der Waals surface area contributed by atoms with Crippen molar-refractivity contribution in [3.63, 3.8) is 0 Å². The number of pyridine rings is 1. The van der Waals surface area contributed by atoms with Crippen LogP contribution >= 0.6 is 0 Å². The maximum atomic E-state index is 11.1. The smallest absolute Gasteiger partial charge is 0.305 e. The molecule has 1 aromatic carbocycles. The van der Waals surface area contributed by atoms with Crippen molar-refractivity contribution in [1.82, 2.24) is 4.98 Å².